The predicted octanol–water partition coefficient (Wildman–Crippen LogP) is 5.06. The van der Waals surface area contributed by atoms with Crippen LogP contribution in [-0.2, 0) is 4.79 Å². The number of amides is 1. The molecule has 5 aromatic rings. The third kappa shape index (κ3) is 3.65. The van der Waals surface area contributed by atoms with Gasteiger partial charge >= 0.3 is 0 Å². The van der Waals surface area contributed by atoms with Gasteiger partial charge in [0, 0.05) is 17.0 Å². The second-order valence-electron chi connectivity index (χ2n) is 6.99. The number of carbonyl (C=O) groups is 1. The van der Waals surface area contributed by atoms with Gasteiger partial charge in [0.25, 0.3) is 11.5 Å². The maximum Gasteiger partial charge on any atom is 0.281 e. The molecule has 2 heterocycles. The van der Waals surface area contributed by atoms with Crippen LogP contribution in [0.1, 0.15) is 5.56 Å². The van der Waals surface area contributed by atoms with E-state index < -0.39 is 5.91 Å². The van der Waals surface area contributed by atoms with E-state index in [1.807, 2.05) is 78.2 Å². The Kier molecular flexibility index (Phi) is 4.90. The largest absolute Gasteiger partial charge is 0.281 e. The van der Waals surface area contributed by atoms with Gasteiger partial charge in [-0.2, -0.15) is 0 Å². The minimum Gasteiger partial charge on any atom is -0.268 e. The van der Waals surface area contributed by atoms with Crippen LogP contribution in [0.5, 0.6) is 0 Å². The van der Waals surface area contributed by atoms with Crippen molar-refractivity contribution in [1.29, 1.82) is 0 Å². The number of carbonyl (C=O) groups excluding carboxylic acids is 1. The molecule has 0 aliphatic heterocycles. The highest BCUT2D eigenvalue weighted by atomic mass is 32.1. The summed E-state index contributed by atoms with van der Waals surface area (Å²) in [4.78, 5) is 30.6. The Morgan fingerprint density at radius 1 is 0.968 bits per heavy atom. The van der Waals surface area contributed by atoms with Gasteiger partial charge in [0.15, 0.2) is 0 Å². The summed E-state index contributed by atoms with van der Waals surface area (Å²) in [6.45, 7) is 0. The monoisotopic (exact) mass is 423 g/mol. The van der Waals surface area contributed by atoms with Crippen molar-refractivity contribution in [1.82, 2.24) is 9.66 Å². The lowest BCUT2D eigenvalue weighted by molar-refractivity contribution is -0.112. The van der Waals surface area contributed by atoms with Crippen molar-refractivity contribution >= 4 is 44.3 Å². The number of nitrogens with zero attached hydrogens (tertiary/aromatic N) is 2. The van der Waals surface area contributed by atoms with Gasteiger partial charge in [0.1, 0.15) is 11.2 Å². The van der Waals surface area contributed by atoms with Gasteiger partial charge in [-0.3, -0.25) is 15.0 Å². The zero-order valence-electron chi connectivity index (χ0n) is 16.4. The van der Waals surface area contributed by atoms with E-state index in [4.69, 9.17) is 0 Å². The average molecular weight is 423 g/mol. The maximum absolute atomic E-state index is 13.1. The zero-order chi connectivity index (χ0) is 21.2. The molecule has 3 aromatic carbocycles. The number of benzene rings is 3. The summed E-state index contributed by atoms with van der Waals surface area (Å²) in [5.41, 5.74) is 4.98. The van der Waals surface area contributed by atoms with Gasteiger partial charge < -0.3 is 0 Å². The van der Waals surface area contributed by atoms with Crippen LogP contribution in [0.25, 0.3) is 38.2 Å². The Morgan fingerprint density at radius 2 is 1.74 bits per heavy atom. The average Bonchev–Trinajstić information content (AvgIpc) is 3.25. The lowest BCUT2D eigenvalue weighted by Crippen LogP contribution is -2.32. The molecule has 0 aliphatic rings. The van der Waals surface area contributed by atoms with Gasteiger partial charge in [-0.25, -0.2) is 9.66 Å². The van der Waals surface area contributed by atoms with E-state index in [0.29, 0.717) is 10.2 Å². The van der Waals surface area contributed by atoms with Crippen LogP contribution < -0.4 is 11.0 Å². The fourth-order valence-corrected chi connectivity index (χ4v) is 4.47. The van der Waals surface area contributed by atoms with Gasteiger partial charge in [0.2, 0.25) is 0 Å². The van der Waals surface area contributed by atoms with Crippen molar-refractivity contribution in [2.45, 2.75) is 0 Å². The van der Waals surface area contributed by atoms with Gasteiger partial charge in [-0.1, -0.05) is 72.8 Å². The molecular weight excluding hydrogens is 406 g/mol. The molecule has 5 nitrogen and oxygen atoms in total. The smallest absolute Gasteiger partial charge is 0.268 e. The Labute approximate surface area is 181 Å². The number of aromatic nitrogens is 2. The summed E-state index contributed by atoms with van der Waals surface area (Å²) in [6.07, 6.45) is 4.51. The number of thiophene rings is 1. The maximum atomic E-state index is 13.1. The van der Waals surface area contributed by atoms with Crippen LogP contribution in [0.15, 0.2) is 95.4 Å². The van der Waals surface area contributed by atoms with E-state index in [2.05, 4.69) is 10.4 Å². The molecule has 0 unspecified atom stereocenters. The molecule has 0 saturated carbocycles. The van der Waals surface area contributed by atoms with Crippen LogP contribution in [0.4, 0.5) is 0 Å². The third-order valence-electron chi connectivity index (χ3n) is 5.05. The summed E-state index contributed by atoms with van der Waals surface area (Å²) < 4.78 is 1.14. The first-order valence-electron chi connectivity index (χ1n) is 9.72. The van der Waals surface area contributed by atoms with Gasteiger partial charge in [0.05, 0.1) is 5.39 Å². The van der Waals surface area contributed by atoms with E-state index >= 15 is 0 Å². The molecule has 0 aliphatic carbocycles. The standard InChI is InChI=1S/C25H17N3O2S/c29-22(14-13-19-11-6-10-17-9-4-5-12-20(17)19)27-28-16-26-24-23(25(28)30)21(15-31-24)18-7-2-1-3-8-18/h1-16H,(H,27,29)/b14-13+. The van der Waals surface area contributed by atoms with E-state index in [1.165, 1.54) is 23.7 Å². The minimum absolute atomic E-state index is 0.308. The highest BCUT2D eigenvalue weighted by Gasteiger charge is 2.13. The van der Waals surface area contributed by atoms with E-state index in [1.54, 1.807) is 6.08 Å². The fourth-order valence-electron chi connectivity index (χ4n) is 3.56. The summed E-state index contributed by atoms with van der Waals surface area (Å²) in [5.74, 6) is -0.410. The van der Waals surface area contributed by atoms with Crippen molar-refractivity contribution in [2.24, 2.45) is 0 Å². The highest BCUT2D eigenvalue weighted by molar-refractivity contribution is 7.17. The van der Waals surface area contributed by atoms with E-state index in [0.717, 1.165) is 32.1 Å². The van der Waals surface area contributed by atoms with E-state index in [9.17, 15) is 9.59 Å². The summed E-state index contributed by atoms with van der Waals surface area (Å²) in [6, 6.07) is 23.6. The van der Waals surface area contributed by atoms with Gasteiger partial charge in [-0.05, 0) is 28.0 Å². The molecule has 0 saturated heterocycles. The minimum atomic E-state index is -0.410. The fraction of sp³-hybridized carbons (Fsp3) is 0. The summed E-state index contributed by atoms with van der Waals surface area (Å²) in [7, 11) is 0. The number of hydrogen-bond acceptors (Lipinski definition) is 4. The van der Waals surface area contributed by atoms with Crippen LogP contribution in [0, 0.1) is 0 Å². The first-order chi connectivity index (χ1) is 15.2. The molecule has 5 rings (SSSR count). The Balaban J connectivity index is 1.45. The molecule has 0 bridgehead atoms. The number of rotatable bonds is 4. The van der Waals surface area contributed by atoms with Crippen molar-refractivity contribution in [3.05, 3.63) is 106 Å². The zero-order valence-corrected chi connectivity index (χ0v) is 17.2. The molecule has 1 amide bonds. The molecule has 0 atom stereocenters. The van der Waals surface area contributed by atoms with Crippen LogP contribution >= 0.6 is 11.3 Å². The first-order valence-corrected chi connectivity index (χ1v) is 10.6. The molecule has 0 spiro atoms. The lowest BCUT2D eigenvalue weighted by Gasteiger charge is -2.06. The molecule has 0 fully saturated rings. The molecule has 0 radical (unpaired) electrons. The lowest BCUT2D eigenvalue weighted by atomic mass is 10.0. The number of hydrogen-bond donors (Lipinski definition) is 1. The van der Waals surface area contributed by atoms with Gasteiger partial charge in [-0.15, -0.1) is 11.3 Å². The second-order valence-corrected chi connectivity index (χ2v) is 7.85. The Morgan fingerprint density at radius 3 is 2.61 bits per heavy atom. The van der Waals surface area contributed by atoms with Crippen LogP contribution in [0.3, 0.4) is 0 Å². The second kappa shape index (κ2) is 8.01. The predicted molar refractivity (Wildman–Crippen MR) is 127 cm³/mol. The number of nitrogens with one attached hydrogen (secondary N) is 1. The van der Waals surface area contributed by atoms with Crippen molar-refractivity contribution < 1.29 is 4.79 Å². The topological polar surface area (TPSA) is 64.0 Å². The first kappa shape index (κ1) is 19.0. The molecular formula is C25H17N3O2S. The normalized spacial score (nSPS) is 11.4. The summed E-state index contributed by atoms with van der Waals surface area (Å²) >= 11 is 1.41. The van der Waals surface area contributed by atoms with E-state index in [-0.39, 0.29) is 5.56 Å². The molecule has 150 valence electrons. The summed E-state index contributed by atoms with van der Waals surface area (Å²) in [5, 5.41) is 4.57. The molecule has 31 heavy (non-hydrogen) atoms. The van der Waals surface area contributed by atoms with Crippen LogP contribution in [-0.4, -0.2) is 15.6 Å². The Bertz CT molecular complexity index is 1490. The van der Waals surface area contributed by atoms with Crippen molar-refractivity contribution in [3.8, 4) is 11.1 Å². The third-order valence-corrected chi connectivity index (χ3v) is 5.93. The Hall–Kier alpha value is -4.03. The van der Waals surface area contributed by atoms with Crippen molar-refractivity contribution in [2.75, 3.05) is 5.43 Å². The van der Waals surface area contributed by atoms with Crippen molar-refractivity contribution in [3.63, 3.8) is 0 Å². The molecule has 1 N–H and O–H groups in total. The molecule has 6 heteroatoms. The number of fused-ring (bicyclic) bond motifs is 2. The molecule has 2 aromatic heterocycles. The highest BCUT2D eigenvalue weighted by Crippen LogP contribution is 2.30. The quantitative estimate of drug-likeness (QED) is 0.411. The SMILES string of the molecule is O=C(/C=C/c1cccc2ccccc12)Nn1cnc2scc(-c3ccccc3)c2c1=O. The van der Waals surface area contributed by atoms with Crippen LogP contribution in [0.2, 0.25) is 0 Å².